The summed E-state index contributed by atoms with van der Waals surface area (Å²) in [5.74, 6) is 1.09. The van der Waals surface area contributed by atoms with Crippen LogP contribution >= 0.6 is 43.2 Å². The van der Waals surface area contributed by atoms with E-state index in [-0.39, 0.29) is 0 Å². The zero-order chi connectivity index (χ0) is 15.0. The van der Waals surface area contributed by atoms with Crippen LogP contribution in [0.5, 0.6) is 0 Å². The van der Waals surface area contributed by atoms with Gasteiger partial charge in [0.15, 0.2) is 5.82 Å². The Morgan fingerprint density at radius 2 is 1.81 bits per heavy atom. The lowest BCUT2D eigenvalue weighted by molar-refractivity contribution is 1.18. The molecule has 0 radical (unpaired) electrons. The van der Waals surface area contributed by atoms with Gasteiger partial charge in [0, 0.05) is 14.9 Å². The second-order valence-electron chi connectivity index (χ2n) is 4.48. The smallest absolute Gasteiger partial charge is 0.172 e. The topological polar surface area (TPSA) is 51.8 Å². The van der Waals surface area contributed by atoms with Crippen molar-refractivity contribution in [3.63, 3.8) is 0 Å². The fourth-order valence-corrected chi connectivity index (χ4v) is 3.81. The van der Waals surface area contributed by atoms with Crippen molar-refractivity contribution in [1.82, 2.24) is 9.97 Å². The molecule has 0 atom stereocenters. The minimum Gasteiger partial charge on any atom is -0.383 e. The SMILES string of the molecule is Cc1sc(-c2nc(N)c(Br)c(-c3ccccc3)n2)cc1Br. The number of benzene rings is 1. The molecule has 0 unspecified atom stereocenters. The van der Waals surface area contributed by atoms with Crippen molar-refractivity contribution < 1.29 is 0 Å². The summed E-state index contributed by atoms with van der Waals surface area (Å²) < 4.78 is 1.79. The summed E-state index contributed by atoms with van der Waals surface area (Å²) in [6, 6.07) is 12.0. The Morgan fingerprint density at radius 1 is 1.10 bits per heavy atom. The van der Waals surface area contributed by atoms with Gasteiger partial charge >= 0.3 is 0 Å². The fraction of sp³-hybridized carbons (Fsp3) is 0.0667. The first-order valence-electron chi connectivity index (χ1n) is 6.21. The van der Waals surface area contributed by atoms with Crippen LogP contribution < -0.4 is 5.73 Å². The number of nitrogens with two attached hydrogens (primary N) is 1. The van der Waals surface area contributed by atoms with Crippen LogP contribution in [0.1, 0.15) is 4.88 Å². The van der Waals surface area contributed by atoms with Crippen molar-refractivity contribution in [1.29, 1.82) is 0 Å². The number of aryl methyl sites for hydroxylation is 1. The number of nitrogens with zero attached hydrogens (tertiary/aromatic N) is 2. The summed E-state index contributed by atoms with van der Waals surface area (Å²) in [6.07, 6.45) is 0. The van der Waals surface area contributed by atoms with E-state index in [0.29, 0.717) is 11.6 Å². The van der Waals surface area contributed by atoms with Gasteiger partial charge in [0.25, 0.3) is 0 Å². The highest BCUT2D eigenvalue weighted by molar-refractivity contribution is 9.11. The Kier molecular flexibility index (Phi) is 4.10. The molecule has 1 aromatic carbocycles. The third kappa shape index (κ3) is 2.88. The molecule has 3 rings (SSSR count). The van der Waals surface area contributed by atoms with Gasteiger partial charge in [-0.3, -0.25) is 0 Å². The molecular weight excluding hydrogens is 414 g/mol. The van der Waals surface area contributed by atoms with Crippen LogP contribution in [0.2, 0.25) is 0 Å². The van der Waals surface area contributed by atoms with Crippen molar-refractivity contribution >= 4 is 49.0 Å². The quantitative estimate of drug-likeness (QED) is 0.608. The van der Waals surface area contributed by atoms with Crippen molar-refractivity contribution in [2.24, 2.45) is 0 Å². The number of aromatic nitrogens is 2. The lowest BCUT2D eigenvalue weighted by Crippen LogP contribution is -1.99. The van der Waals surface area contributed by atoms with E-state index in [1.807, 2.05) is 36.4 Å². The summed E-state index contributed by atoms with van der Waals surface area (Å²) in [4.78, 5) is 11.3. The van der Waals surface area contributed by atoms with E-state index in [9.17, 15) is 0 Å². The molecule has 0 aliphatic rings. The Balaban J connectivity index is 2.18. The molecule has 2 aromatic heterocycles. The standard InChI is InChI=1S/C15H11Br2N3S/c1-8-10(16)7-11(21-8)15-19-13(12(17)14(18)20-15)9-5-3-2-4-6-9/h2-7H,1H3,(H2,18,19,20). The first-order valence-corrected chi connectivity index (χ1v) is 8.61. The van der Waals surface area contributed by atoms with Gasteiger partial charge in [-0.25, -0.2) is 9.97 Å². The average molecular weight is 425 g/mol. The first kappa shape index (κ1) is 14.7. The third-order valence-electron chi connectivity index (χ3n) is 3.00. The van der Waals surface area contributed by atoms with Crippen molar-refractivity contribution in [2.75, 3.05) is 5.73 Å². The second kappa shape index (κ2) is 5.87. The summed E-state index contributed by atoms with van der Waals surface area (Å²) in [7, 11) is 0. The predicted molar refractivity (Wildman–Crippen MR) is 95.3 cm³/mol. The maximum absolute atomic E-state index is 6.04. The molecule has 0 amide bonds. The molecular formula is C15H11Br2N3S. The molecule has 0 aliphatic heterocycles. The summed E-state index contributed by atoms with van der Waals surface area (Å²) in [5.41, 5.74) is 7.85. The number of halogens is 2. The van der Waals surface area contributed by atoms with Crippen LogP contribution in [0.4, 0.5) is 5.82 Å². The fourth-order valence-electron chi connectivity index (χ4n) is 1.93. The lowest BCUT2D eigenvalue weighted by Gasteiger charge is -2.08. The van der Waals surface area contributed by atoms with E-state index >= 15 is 0 Å². The molecule has 0 fully saturated rings. The molecule has 0 aliphatic carbocycles. The van der Waals surface area contributed by atoms with Crippen LogP contribution in [0.25, 0.3) is 22.0 Å². The normalized spacial score (nSPS) is 10.8. The molecule has 2 N–H and O–H groups in total. The molecule has 6 heteroatoms. The van der Waals surface area contributed by atoms with Gasteiger partial charge in [-0.15, -0.1) is 11.3 Å². The predicted octanol–water partition coefficient (Wildman–Crippen LogP) is 5.29. The molecule has 3 nitrogen and oxygen atoms in total. The zero-order valence-corrected chi connectivity index (χ0v) is 15.1. The Morgan fingerprint density at radius 3 is 2.43 bits per heavy atom. The van der Waals surface area contributed by atoms with Gasteiger partial charge in [-0.1, -0.05) is 30.3 Å². The minimum atomic E-state index is 0.445. The van der Waals surface area contributed by atoms with E-state index in [1.165, 1.54) is 4.88 Å². The number of rotatable bonds is 2. The van der Waals surface area contributed by atoms with Crippen LogP contribution in [0, 0.1) is 6.92 Å². The third-order valence-corrected chi connectivity index (χ3v) is 5.92. The molecule has 106 valence electrons. The molecule has 0 spiro atoms. The van der Waals surface area contributed by atoms with Crippen LogP contribution in [0.3, 0.4) is 0 Å². The number of hydrogen-bond acceptors (Lipinski definition) is 4. The van der Waals surface area contributed by atoms with Gasteiger partial charge in [0.2, 0.25) is 0 Å². The number of nitrogen functional groups attached to an aromatic ring is 1. The van der Waals surface area contributed by atoms with E-state index in [1.54, 1.807) is 11.3 Å². The molecule has 0 saturated carbocycles. The Labute approximate surface area is 143 Å². The average Bonchev–Trinajstić information content (AvgIpc) is 2.82. The van der Waals surface area contributed by atoms with E-state index < -0.39 is 0 Å². The van der Waals surface area contributed by atoms with Gasteiger partial charge in [-0.05, 0) is 44.8 Å². The minimum absolute atomic E-state index is 0.445. The maximum atomic E-state index is 6.04. The van der Waals surface area contributed by atoms with E-state index in [4.69, 9.17) is 5.73 Å². The summed E-state index contributed by atoms with van der Waals surface area (Å²) in [5, 5.41) is 0. The molecule has 2 heterocycles. The van der Waals surface area contributed by atoms with Gasteiger partial charge in [0.1, 0.15) is 5.82 Å². The summed E-state index contributed by atoms with van der Waals surface area (Å²) in [6.45, 7) is 2.05. The van der Waals surface area contributed by atoms with Gasteiger partial charge in [0.05, 0.1) is 15.0 Å². The van der Waals surface area contributed by atoms with Crippen LogP contribution in [-0.4, -0.2) is 9.97 Å². The van der Waals surface area contributed by atoms with Crippen molar-refractivity contribution in [3.05, 3.63) is 50.2 Å². The molecule has 21 heavy (non-hydrogen) atoms. The maximum Gasteiger partial charge on any atom is 0.172 e. The zero-order valence-electron chi connectivity index (χ0n) is 11.1. The molecule has 0 saturated heterocycles. The number of anilines is 1. The van der Waals surface area contributed by atoms with Gasteiger partial charge in [-0.2, -0.15) is 0 Å². The van der Waals surface area contributed by atoms with Crippen LogP contribution in [0.15, 0.2) is 45.3 Å². The monoisotopic (exact) mass is 423 g/mol. The van der Waals surface area contributed by atoms with Crippen molar-refractivity contribution in [3.8, 4) is 22.0 Å². The lowest BCUT2D eigenvalue weighted by atomic mass is 10.1. The Hall–Kier alpha value is -1.24. The highest BCUT2D eigenvalue weighted by Crippen LogP contribution is 2.36. The summed E-state index contributed by atoms with van der Waals surface area (Å²) >= 11 is 8.65. The van der Waals surface area contributed by atoms with Crippen molar-refractivity contribution in [2.45, 2.75) is 6.92 Å². The second-order valence-corrected chi connectivity index (χ2v) is 7.38. The van der Waals surface area contributed by atoms with E-state index in [2.05, 4.69) is 48.8 Å². The van der Waals surface area contributed by atoms with E-state index in [0.717, 1.165) is 25.1 Å². The molecule has 3 aromatic rings. The first-order chi connectivity index (χ1) is 10.1. The largest absolute Gasteiger partial charge is 0.383 e. The highest BCUT2D eigenvalue weighted by Gasteiger charge is 2.15. The van der Waals surface area contributed by atoms with Crippen LogP contribution in [-0.2, 0) is 0 Å². The number of thiophene rings is 1. The number of hydrogen-bond donors (Lipinski definition) is 1. The highest BCUT2D eigenvalue weighted by atomic mass is 79.9. The van der Waals surface area contributed by atoms with Gasteiger partial charge < -0.3 is 5.73 Å². The Bertz CT molecular complexity index is 781. The molecule has 0 bridgehead atoms.